The minimum Gasteiger partial charge on any atom is -0.456 e. The van der Waals surface area contributed by atoms with E-state index < -0.39 is 39.1 Å². The number of amides is 1. The van der Waals surface area contributed by atoms with Crippen LogP contribution in [0, 0.1) is 5.92 Å². The van der Waals surface area contributed by atoms with Crippen molar-refractivity contribution >= 4 is 45.1 Å². The summed E-state index contributed by atoms with van der Waals surface area (Å²) in [4.78, 5) is 27.5. The first-order valence-corrected chi connectivity index (χ1v) is 16.2. The Kier molecular flexibility index (Phi) is 8.58. The largest absolute Gasteiger partial charge is 0.518 e. The van der Waals surface area contributed by atoms with Gasteiger partial charge in [-0.25, -0.2) is 4.79 Å². The molecule has 0 saturated carbocycles. The minimum absolute atomic E-state index is 0.0457. The monoisotopic (exact) mass is 671 g/mol. The molecule has 236 valence electrons. The van der Waals surface area contributed by atoms with Gasteiger partial charge >= 0.3 is 21.5 Å². The molecule has 1 amide bonds. The van der Waals surface area contributed by atoms with Gasteiger partial charge in [0.1, 0.15) is 5.60 Å². The Labute approximate surface area is 263 Å². The number of ether oxygens (including phenoxy) is 1. The lowest BCUT2D eigenvalue weighted by Crippen LogP contribution is -2.36. The lowest BCUT2D eigenvalue weighted by atomic mass is 9.91. The molecule has 2 heterocycles. The summed E-state index contributed by atoms with van der Waals surface area (Å²) in [5.74, 6) is -1.11. The number of carbonyl (C=O) groups excluding carboxylic acids is 2. The Balaban J connectivity index is 1.31. The highest BCUT2D eigenvalue weighted by atomic mass is 35.5. The van der Waals surface area contributed by atoms with Crippen LogP contribution in [0.1, 0.15) is 73.3 Å². The maximum absolute atomic E-state index is 13.5. The summed E-state index contributed by atoms with van der Waals surface area (Å²) in [5, 5.41) is 4.30. The van der Waals surface area contributed by atoms with Gasteiger partial charge in [-0.1, -0.05) is 35.3 Å². The van der Waals surface area contributed by atoms with E-state index in [4.69, 9.17) is 27.9 Å². The predicted octanol–water partition coefficient (Wildman–Crippen LogP) is 6.98. The van der Waals surface area contributed by atoms with Gasteiger partial charge in [0.25, 0.3) is 0 Å². The number of hydrogen-bond donors (Lipinski definition) is 0. The van der Waals surface area contributed by atoms with Gasteiger partial charge in [-0.15, -0.1) is 0 Å². The Morgan fingerprint density at radius 1 is 1.05 bits per heavy atom. The van der Waals surface area contributed by atoms with Crippen LogP contribution in [0.4, 0.5) is 13.2 Å². The van der Waals surface area contributed by atoms with Crippen molar-refractivity contribution < 1.29 is 35.9 Å². The maximum atomic E-state index is 13.5. The second kappa shape index (κ2) is 11.7. The Morgan fingerprint density at radius 3 is 2.27 bits per heavy atom. The highest BCUT2D eigenvalue weighted by molar-refractivity contribution is 7.90. The topological polar surface area (TPSA) is 98.6 Å². The van der Waals surface area contributed by atoms with Gasteiger partial charge < -0.3 is 9.64 Å². The van der Waals surface area contributed by atoms with Crippen LogP contribution in [0.25, 0.3) is 11.1 Å². The van der Waals surface area contributed by atoms with Crippen molar-refractivity contribution in [2.45, 2.75) is 70.0 Å². The van der Waals surface area contributed by atoms with Gasteiger partial charge in [0.05, 0.1) is 23.5 Å². The maximum Gasteiger partial charge on any atom is 0.518 e. The number of esters is 1. The van der Waals surface area contributed by atoms with Gasteiger partial charge in [-0.05, 0) is 93.8 Å². The average molecular weight is 673 g/mol. The third kappa shape index (κ3) is 6.21. The fourth-order valence-corrected chi connectivity index (χ4v) is 7.24. The first-order chi connectivity index (χ1) is 20.5. The zero-order chi connectivity index (χ0) is 32.2. The molecule has 8 nitrogen and oxygen atoms in total. The first kappa shape index (κ1) is 32.3. The molecule has 14 heteroatoms. The number of likely N-dealkylation sites (tertiary alicyclic amines) is 1. The highest BCUT2D eigenvalue weighted by Gasteiger charge is 2.50. The molecule has 0 spiro atoms. The molecular weight excluding hydrogens is 642 g/mol. The van der Waals surface area contributed by atoms with Crippen molar-refractivity contribution in [1.82, 2.24) is 14.1 Å². The van der Waals surface area contributed by atoms with Crippen LogP contribution in [0.3, 0.4) is 0 Å². The normalized spacial score (nSPS) is 19.3. The molecule has 1 aliphatic heterocycles. The molecule has 1 aromatic heterocycles. The molecule has 2 aromatic carbocycles. The van der Waals surface area contributed by atoms with E-state index in [1.807, 2.05) is 0 Å². The molecule has 2 unspecified atom stereocenters. The van der Waals surface area contributed by atoms with Crippen molar-refractivity contribution in [1.29, 1.82) is 0 Å². The van der Waals surface area contributed by atoms with Crippen LogP contribution in [-0.2, 0) is 32.4 Å². The summed E-state index contributed by atoms with van der Waals surface area (Å²) >= 11 is 13.3. The third-order valence-electron chi connectivity index (χ3n) is 7.81. The van der Waals surface area contributed by atoms with E-state index >= 15 is 0 Å². The molecule has 2 aliphatic rings. The highest BCUT2D eigenvalue weighted by Crippen LogP contribution is 2.41. The summed E-state index contributed by atoms with van der Waals surface area (Å²) in [6.45, 7) is 5.72. The molecule has 1 saturated heterocycles. The first-order valence-electron chi connectivity index (χ1n) is 14.0. The summed E-state index contributed by atoms with van der Waals surface area (Å²) in [6, 6.07) is 9.75. The fraction of sp³-hybridized carbons (Fsp3) is 0.433. The summed E-state index contributed by atoms with van der Waals surface area (Å²) < 4.78 is 69.2. The zero-order valence-electron chi connectivity index (χ0n) is 24.1. The minimum atomic E-state index is -5.68. The fourth-order valence-electron chi connectivity index (χ4n) is 5.74. The van der Waals surface area contributed by atoms with Gasteiger partial charge in [-0.3, -0.25) is 4.79 Å². The van der Waals surface area contributed by atoms with Crippen LogP contribution in [0.5, 0.6) is 0 Å². The number of benzene rings is 2. The van der Waals surface area contributed by atoms with E-state index in [2.05, 4.69) is 5.10 Å². The average Bonchev–Trinajstić information content (AvgIpc) is 3.53. The van der Waals surface area contributed by atoms with E-state index in [1.165, 1.54) is 0 Å². The lowest BCUT2D eigenvalue weighted by Gasteiger charge is -2.31. The SMILES string of the molecule is CC(C)(C)OC(=O)c1ccc(-c2cc(Cl)c(CC3CCN(C4CCCc5c4cnn5S(=O)(=O)C(F)(F)F)C3=O)c(Cl)c2)cc1. The Morgan fingerprint density at radius 2 is 1.68 bits per heavy atom. The second-order valence-electron chi connectivity index (χ2n) is 12.0. The van der Waals surface area contributed by atoms with Crippen molar-refractivity contribution in [2.24, 2.45) is 5.92 Å². The number of rotatable bonds is 6. The molecule has 3 aromatic rings. The van der Waals surface area contributed by atoms with E-state index in [1.54, 1.807) is 62.1 Å². The quantitative estimate of drug-likeness (QED) is 0.262. The third-order valence-corrected chi connectivity index (χ3v) is 9.84. The van der Waals surface area contributed by atoms with Crippen molar-refractivity contribution in [2.75, 3.05) is 6.54 Å². The second-order valence-corrected chi connectivity index (χ2v) is 14.5. The summed E-state index contributed by atoms with van der Waals surface area (Å²) in [5.41, 5.74) is -3.35. The van der Waals surface area contributed by atoms with Crippen LogP contribution >= 0.6 is 23.2 Å². The molecule has 1 fully saturated rings. The van der Waals surface area contributed by atoms with Gasteiger partial charge in [-0.2, -0.15) is 30.8 Å². The summed E-state index contributed by atoms with van der Waals surface area (Å²) in [7, 11) is -5.68. The molecule has 1 aliphatic carbocycles. The molecule has 5 rings (SSSR count). The van der Waals surface area contributed by atoms with Gasteiger partial charge in [0.15, 0.2) is 0 Å². The number of alkyl halides is 3. The Hall–Kier alpha value is -3.09. The van der Waals surface area contributed by atoms with E-state index in [-0.39, 0.29) is 28.5 Å². The Bertz CT molecular complexity index is 1690. The standard InChI is InChI=1S/C30H30Cl2F3N3O5S/c1-29(2,3)43-28(40)18-9-7-17(8-10-18)20-14-23(31)21(24(32)15-20)13-19-11-12-37(27(19)39)25-5-4-6-26-22(25)16-36-38(26)44(41,42)30(33,34)35/h7-10,14-16,19,25H,4-6,11-13H2,1-3H3. The predicted molar refractivity (Wildman–Crippen MR) is 159 cm³/mol. The van der Waals surface area contributed by atoms with E-state index in [9.17, 15) is 31.2 Å². The van der Waals surface area contributed by atoms with Crippen LogP contribution < -0.4 is 0 Å². The van der Waals surface area contributed by atoms with Crippen molar-refractivity contribution in [3.63, 3.8) is 0 Å². The number of carbonyl (C=O) groups is 2. The van der Waals surface area contributed by atoms with Crippen LogP contribution in [0.15, 0.2) is 42.6 Å². The number of hydrogen-bond acceptors (Lipinski definition) is 6. The van der Waals surface area contributed by atoms with Gasteiger partial charge in [0, 0.05) is 28.1 Å². The summed E-state index contributed by atoms with van der Waals surface area (Å²) in [6.07, 6.45) is 2.84. The molecule has 0 bridgehead atoms. The molecule has 0 radical (unpaired) electrons. The molecule has 2 atom stereocenters. The van der Waals surface area contributed by atoms with Crippen molar-refractivity contribution in [3.05, 3.63) is 75.0 Å². The molecule has 44 heavy (non-hydrogen) atoms. The van der Waals surface area contributed by atoms with Crippen molar-refractivity contribution in [3.8, 4) is 11.1 Å². The van der Waals surface area contributed by atoms with Crippen LogP contribution in [-0.4, -0.2) is 52.0 Å². The van der Waals surface area contributed by atoms with Crippen LogP contribution in [0.2, 0.25) is 10.0 Å². The van der Waals surface area contributed by atoms with E-state index in [0.717, 1.165) is 17.3 Å². The number of halogens is 5. The zero-order valence-corrected chi connectivity index (χ0v) is 26.4. The molecule has 0 N–H and O–H groups in total. The number of nitrogens with zero attached hydrogens (tertiary/aromatic N) is 3. The number of aromatic nitrogens is 2. The van der Waals surface area contributed by atoms with E-state index in [0.29, 0.717) is 52.5 Å². The lowest BCUT2D eigenvalue weighted by molar-refractivity contribution is -0.133. The van der Waals surface area contributed by atoms with Gasteiger partial charge in [0.2, 0.25) is 5.91 Å². The molecular formula is C30H30Cl2F3N3O5S. The smallest absolute Gasteiger partial charge is 0.456 e. The number of fused-ring (bicyclic) bond motifs is 1.